The summed E-state index contributed by atoms with van der Waals surface area (Å²) in [5.41, 5.74) is -1.62. The molecule has 2 rings (SSSR count). The van der Waals surface area contributed by atoms with Gasteiger partial charge in [-0.2, -0.15) is 0 Å². The first-order valence-electron chi connectivity index (χ1n) is 7.42. The summed E-state index contributed by atoms with van der Waals surface area (Å²) in [4.78, 5) is 27.4. The van der Waals surface area contributed by atoms with E-state index in [1.165, 1.54) is 0 Å². The molecule has 6 heteroatoms. The average Bonchev–Trinajstić information content (AvgIpc) is 2.68. The quantitative estimate of drug-likeness (QED) is 0.801. The van der Waals surface area contributed by atoms with E-state index in [9.17, 15) is 14.7 Å². The molecule has 6 nitrogen and oxygen atoms in total. The summed E-state index contributed by atoms with van der Waals surface area (Å²) < 4.78 is 5.98. The van der Waals surface area contributed by atoms with Gasteiger partial charge in [0.1, 0.15) is 0 Å². The molecule has 2 aliphatic heterocycles. The van der Waals surface area contributed by atoms with Crippen molar-refractivity contribution in [2.24, 2.45) is 5.41 Å². The van der Waals surface area contributed by atoms with Gasteiger partial charge in [0.05, 0.1) is 29.7 Å². The Morgan fingerprint density at radius 3 is 1.90 bits per heavy atom. The number of hydrogen-bond acceptors (Lipinski definition) is 3. The summed E-state index contributed by atoms with van der Waals surface area (Å²) >= 11 is 0. The normalized spacial score (nSPS) is 31.3. The van der Waals surface area contributed by atoms with Crippen molar-refractivity contribution in [2.75, 3.05) is 26.2 Å². The fourth-order valence-corrected chi connectivity index (χ4v) is 3.42. The molecule has 120 valence electrons. The van der Waals surface area contributed by atoms with E-state index in [1.54, 1.807) is 16.7 Å². The number of carboxylic acids is 1. The second-order valence-corrected chi connectivity index (χ2v) is 7.80. The number of likely N-dealkylation sites (tertiary alicyclic amines) is 1. The molecule has 0 radical (unpaired) electrons. The van der Waals surface area contributed by atoms with Crippen molar-refractivity contribution in [1.29, 1.82) is 0 Å². The maximum Gasteiger partial charge on any atom is 0.320 e. The van der Waals surface area contributed by atoms with E-state index >= 15 is 0 Å². The lowest BCUT2D eigenvalue weighted by Gasteiger charge is -2.47. The summed E-state index contributed by atoms with van der Waals surface area (Å²) in [6.07, 6.45) is 0.505. The Morgan fingerprint density at radius 2 is 1.48 bits per heavy atom. The number of urea groups is 1. The molecule has 2 saturated heterocycles. The van der Waals surface area contributed by atoms with Crippen LogP contribution in [0.5, 0.6) is 0 Å². The van der Waals surface area contributed by atoms with Crippen LogP contribution in [0.1, 0.15) is 41.0 Å². The standard InChI is InChI=1S/C15H26N2O4/c1-13(2)8-17(9-14(3,4)21-13)12(20)16-7-6-15(5,10-16)11(18)19/h6-10H2,1-5H3,(H,18,19). The van der Waals surface area contributed by atoms with Gasteiger partial charge >= 0.3 is 12.0 Å². The minimum Gasteiger partial charge on any atom is -0.481 e. The maximum atomic E-state index is 12.7. The lowest BCUT2D eigenvalue weighted by molar-refractivity contribution is -0.171. The smallest absolute Gasteiger partial charge is 0.320 e. The van der Waals surface area contributed by atoms with Crippen molar-refractivity contribution >= 4 is 12.0 Å². The molecule has 0 saturated carbocycles. The number of rotatable bonds is 1. The number of morpholine rings is 1. The highest BCUT2D eigenvalue weighted by atomic mass is 16.5. The fourth-order valence-electron chi connectivity index (χ4n) is 3.42. The van der Waals surface area contributed by atoms with Crippen molar-refractivity contribution in [3.05, 3.63) is 0 Å². The zero-order valence-electron chi connectivity index (χ0n) is 13.6. The van der Waals surface area contributed by atoms with Crippen molar-refractivity contribution < 1.29 is 19.4 Å². The Bertz CT molecular complexity index is 445. The predicted octanol–water partition coefficient (Wildman–Crippen LogP) is 1.79. The first kappa shape index (κ1) is 16.1. The second kappa shape index (κ2) is 4.87. The van der Waals surface area contributed by atoms with Crippen molar-refractivity contribution in [3.8, 4) is 0 Å². The van der Waals surface area contributed by atoms with E-state index in [-0.39, 0.29) is 12.6 Å². The summed E-state index contributed by atoms with van der Waals surface area (Å²) in [6, 6.07) is -0.0792. The largest absolute Gasteiger partial charge is 0.481 e. The SMILES string of the molecule is CC1(C)CN(C(=O)N2CCC(C)(C(=O)O)C2)CC(C)(C)O1. The number of nitrogens with zero attached hydrogens (tertiary/aromatic N) is 2. The molecule has 2 amide bonds. The summed E-state index contributed by atoms with van der Waals surface area (Å²) in [6.45, 7) is 11.4. The van der Waals surface area contributed by atoms with E-state index in [1.807, 2.05) is 27.7 Å². The Balaban J connectivity index is 2.09. The highest BCUT2D eigenvalue weighted by Crippen LogP contribution is 2.33. The van der Waals surface area contributed by atoms with Gasteiger partial charge in [-0.05, 0) is 41.0 Å². The third kappa shape index (κ3) is 3.31. The van der Waals surface area contributed by atoms with E-state index in [2.05, 4.69) is 0 Å². The Hall–Kier alpha value is -1.30. The van der Waals surface area contributed by atoms with Gasteiger partial charge in [0.25, 0.3) is 0 Å². The molecule has 1 unspecified atom stereocenters. The summed E-state index contributed by atoms with van der Waals surface area (Å²) in [5, 5.41) is 9.28. The molecule has 21 heavy (non-hydrogen) atoms. The fraction of sp³-hybridized carbons (Fsp3) is 0.867. The molecule has 0 aromatic heterocycles. The molecule has 0 aromatic rings. The molecule has 0 spiro atoms. The van der Waals surface area contributed by atoms with E-state index in [0.29, 0.717) is 26.1 Å². The van der Waals surface area contributed by atoms with Crippen molar-refractivity contribution in [2.45, 2.75) is 52.2 Å². The molecule has 0 aromatic carbocycles. The van der Waals surface area contributed by atoms with Crippen LogP contribution in [0, 0.1) is 5.41 Å². The molecule has 1 N–H and O–H groups in total. The van der Waals surface area contributed by atoms with Crippen molar-refractivity contribution in [1.82, 2.24) is 9.80 Å². The van der Waals surface area contributed by atoms with E-state index < -0.39 is 22.6 Å². The first-order valence-corrected chi connectivity index (χ1v) is 7.42. The average molecular weight is 298 g/mol. The second-order valence-electron chi connectivity index (χ2n) is 7.80. The Morgan fingerprint density at radius 1 is 0.952 bits per heavy atom. The predicted molar refractivity (Wildman–Crippen MR) is 78.1 cm³/mol. The number of hydrogen-bond donors (Lipinski definition) is 1. The zero-order valence-corrected chi connectivity index (χ0v) is 13.6. The van der Waals surface area contributed by atoms with Crippen LogP contribution >= 0.6 is 0 Å². The Labute approximate surface area is 126 Å². The van der Waals surface area contributed by atoms with Crippen LogP contribution in [0.4, 0.5) is 4.79 Å². The molecular formula is C15H26N2O4. The molecule has 2 heterocycles. The summed E-state index contributed by atoms with van der Waals surface area (Å²) in [7, 11) is 0. The van der Waals surface area contributed by atoms with Gasteiger partial charge in [0.15, 0.2) is 0 Å². The Kier molecular flexibility index (Phi) is 3.72. The van der Waals surface area contributed by atoms with Gasteiger partial charge in [-0.3, -0.25) is 4.79 Å². The number of carboxylic acid groups (broad SMARTS) is 1. The molecular weight excluding hydrogens is 272 g/mol. The lowest BCUT2D eigenvalue weighted by Crippen LogP contribution is -2.60. The number of ether oxygens (including phenoxy) is 1. The van der Waals surface area contributed by atoms with E-state index in [0.717, 1.165) is 0 Å². The maximum absolute atomic E-state index is 12.7. The molecule has 1 atom stereocenters. The highest BCUT2D eigenvalue weighted by molar-refractivity contribution is 5.79. The lowest BCUT2D eigenvalue weighted by atomic mass is 9.90. The summed E-state index contributed by atoms with van der Waals surface area (Å²) in [5.74, 6) is -0.833. The van der Waals surface area contributed by atoms with Crippen LogP contribution in [0.25, 0.3) is 0 Å². The van der Waals surface area contributed by atoms with Crippen LogP contribution in [0.3, 0.4) is 0 Å². The van der Waals surface area contributed by atoms with Gasteiger partial charge < -0.3 is 19.6 Å². The third-order valence-corrected chi connectivity index (χ3v) is 4.23. The van der Waals surface area contributed by atoms with Crippen LogP contribution in [0.2, 0.25) is 0 Å². The van der Waals surface area contributed by atoms with Gasteiger partial charge in [0.2, 0.25) is 0 Å². The van der Waals surface area contributed by atoms with Crippen LogP contribution in [0.15, 0.2) is 0 Å². The van der Waals surface area contributed by atoms with Crippen LogP contribution in [-0.4, -0.2) is 64.3 Å². The minimum absolute atomic E-state index is 0.0792. The van der Waals surface area contributed by atoms with Crippen molar-refractivity contribution in [3.63, 3.8) is 0 Å². The minimum atomic E-state index is -0.833. The van der Waals surface area contributed by atoms with E-state index in [4.69, 9.17) is 4.74 Å². The third-order valence-electron chi connectivity index (χ3n) is 4.23. The number of carbonyl (C=O) groups is 2. The number of amides is 2. The highest BCUT2D eigenvalue weighted by Gasteiger charge is 2.46. The first-order chi connectivity index (χ1) is 9.44. The number of aliphatic carboxylic acids is 1. The molecule has 0 bridgehead atoms. The molecule has 2 fully saturated rings. The van der Waals surface area contributed by atoms with Gasteiger partial charge in [-0.15, -0.1) is 0 Å². The molecule has 2 aliphatic rings. The monoisotopic (exact) mass is 298 g/mol. The zero-order chi connectivity index (χ0) is 16.1. The van der Waals surface area contributed by atoms with Gasteiger partial charge in [-0.1, -0.05) is 0 Å². The van der Waals surface area contributed by atoms with Crippen LogP contribution < -0.4 is 0 Å². The van der Waals surface area contributed by atoms with Gasteiger partial charge in [-0.25, -0.2) is 4.79 Å². The van der Waals surface area contributed by atoms with Gasteiger partial charge in [0, 0.05) is 13.1 Å². The number of carbonyl (C=O) groups excluding carboxylic acids is 1. The topological polar surface area (TPSA) is 70.1 Å². The van der Waals surface area contributed by atoms with Crippen LogP contribution in [-0.2, 0) is 9.53 Å². The molecule has 0 aliphatic carbocycles.